The number of hydrogen-bond acceptors (Lipinski definition) is 8. The molecule has 8 nitrogen and oxygen atoms in total. The van der Waals surface area contributed by atoms with E-state index in [0.29, 0.717) is 41.7 Å². The number of morpholine rings is 1. The highest BCUT2D eigenvalue weighted by Crippen LogP contribution is 2.37. The number of halogens is 1. The Morgan fingerprint density at radius 3 is 2.70 bits per heavy atom. The Morgan fingerprint density at radius 2 is 1.90 bits per heavy atom. The number of rotatable bonds is 7. The fraction of sp³-hybridized carbons (Fsp3) is 0.300. The second kappa shape index (κ2) is 11.9. The SMILES string of the molecule is COc1ccc(C)c2sc(N(CCCN3CCOCC3)C(=O)c3cc4c(ccc5ccccc54)oc3=O)nc12.Cl. The zero-order chi connectivity index (χ0) is 26.9. The Bertz CT molecular complexity index is 1740. The van der Waals surface area contributed by atoms with Crippen LogP contribution in [0.2, 0.25) is 0 Å². The highest BCUT2D eigenvalue weighted by Gasteiger charge is 2.26. The summed E-state index contributed by atoms with van der Waals surface area (Å²) in [6.07, 6.45) is 0.722. The maximum atomic E-state index is 14.1. The molecule has 0 atom stereocenters. The lowest BCUT2D eigenvalue weighted by atomic mass is 10.0. The van der Waals surface area contributed by atoms with Gasteiger partial charge in [0.05, 0.1) is 25.0 Å². The van der Waals surface area contributed by atoms with Gasteiger partial charge in [0.15, 0.2) is 5.13 Å². The molecule has 10 heteroatoms. The van der Waals surface area contributed by atoms with Crippen LogP contribution in [0, 0.1) is 6.92 Å². The Hall–Kier alpha value is -3.50. The smallest absolute Gasteiger partial charge is 0.349 e. The van der Waals surface area contributed by atoms with Crippen molar-refractivity contribution in [1.82, 2.24) is 9.88 Å². The summed E-state index contributed by atoms with van der Waals surface area (Å²) in [6.45, 7) is 6.40. The summed E-state index contributed by atoms with van der Waals surface area (Å²) in [6, 6.07) is 17.1. The summed E-state index contributed by atoms with van der Waals surface area (Å²) in [5.74, 6) is 0.228. The first-order chi connectivity index (χ1) is 19.0. The Balaban J connectivity index is 0.00000323. The number of amides is 1. The quantitative estimate of drug-likeness (QED) is 0.182. The number of carbonyl (C=O) groups excluding carboxylic acids is 1. The minimum Gasteiger partial charge on any atom is -0.494 e. The number of aryl methyl sites for hydroxylation is 1. The van der Waals surface area contributed by atoms with E-state index in [2.05, 4.69) is 4.90 Å². The van der Waals surface area contributed by atoms with Crippen molar-refractivity contribution in [3.63, 3.8) is 0 Å². The van der Waals surface area contributed by atoms with Crippen molar-refractivity contribution in [1.29, 1.82) is 0 Å². The van der Waals surface area contributed by atoms with Gasteiger partial charge in [0.1, 0.15) is 22.4 Å². The van der Waals surface area contributed by atoms with Gasteiger partial charge in [0, 0.05) is 31.6 Å². The number of fused-ring (bicyclic) bond motifs is 4. The lowest BCUT2D eigenvalue weighted by Crippen LogP contribution is -2.40. The van der Waals surface area contributed by atoms with Gasteiger partial charge in [0.25, 0.3) is 5.91 Å². The number of methoxy groups -OCH3 is 1. The van der Waals surface area contributed by atoms with Crippen molar-refractivity contribution in [3.05, 3.63) is 76.1 Å². The Kier molecular flexibility index (Phi) is 8.37. The van der Waals surface area contributed by atoms with Gasteiger partial charge in [-0.15, -0.1) is 12.4 Å². The van der Waals surface area contributed by atoms with Gasteiger partial charge in [-0.05, 0) is 47.9 Å². The molecule has 3 aromatic carbocycles. The molecule has 0 N–H and O–H groups in total. The molecule has 0 saturated carbocycles. The number of hydrogen-bond donors (Lipinski definition) is 0. The molecule has 5 aromatic rings. The highest BCUT2D eigenvalue weighted by atomic mass is 35.5. The van der Waals surface area contributed by atoms with Gasteiger partial charge in [0.2, 0.25) is 0 Å². The number of carbonyl (C=O) groups is 1. The first kappa shape index (κ1) is 28.0. The number of anilines is 1. The number of nitrogens with zero attached hydrogens (tertiary/aromatic N) is 3. The van der Waals surface area contributed by atoms with Gasteiger partial charge in [-0.2, -0.15) is 0 Å². The van der Waals surface area contributed by atoms with Crippen LogP contribution in [0.25, 0.3) is 32.0 Å². The summed E-state index contributed by atoms with van der Waals surface area (Å²) >= 11 is 1.43. The second-order valence-electron chi connectivity index (χ2n) is 9.67. The van der Waals surface area contributed by atoms with E-state index in [-0.39, 0.29) is 18.0 Å². The molecule has 0 spiro atoms. The largest absolute Gasteiger partial charge is 0.494 e. The van der Waals surface area contributed by atoms with Gasteiger partial charge in [-0.1, -0.05) is 47.7 Å². The van der Waals surface area contributed by atoms with Crippen LogP contribution in [0.1, 0.15) is 22.3 Å². The number of ether oxygens (including phenoxy) is 2. The zero-order valence-corrected chi connectivity index (χ0v) is 24.0. The number of aromatic nitrogens is 1. The number of thiazole rings is 1. The highest BCUT2D eigenvalue weighted by molar-refractivity contribution is 7.22. The van der Waals surface area contributed by atoms with Crippen LogP contribution in [-0.4, -0.2) is 62.3 Å². The molecule has 0 aliphatic carbocycles. The fourth-order valence-corrected chi connectivity index (χ4v) is 6.18. The van der Waals surface area contributed by atoms with E-state index < -0.39 is 11.5 Å². The van der Waals surface area contributed by atoms with Crippen LogP contribution in [0.4, 0.5) is 5.13 Å². The van der Waals surface area contributed by atoms with Gasteiger partial charge in [-0.25, -0.2) is 9.78 Å². The molecule has 0 unspecified atom stereocenters. The molecular weight excluding hydrogens is 550 g/mol. The van der Waals surface area contributed by atoms with E-state index in [1.807, 2.05) is 49.4 Å². The van der Waals surface area contributed by atoms with E-state index in [0.717, 1.165) is 52.5 Å². The van der Waals surface area contributed by atoms with Gasteiger partial charge in [-0.3, -0.25) is 14.6 Å². The summed E-state index contributed by atoms with van der Waals surface area (Å²) in [5, 5.41) is 3.19. The van der Waals surface area contributed by atoms with Crippen molar-refractivity contribution in [3.8, 4) is 5.75 Å². The monoisotopic (exact) mass is 579 g/mol. The van der Waals surface area contributed by atoms with Crippen LogP contribution >= 0.6 is 23.7 Å². The summed E-state index contributed by atoms with van der Waals surface area (Å²) in [5.41, 5.74) is 1.55. The van der Waals surface area contributed by atoms with Crippen LogP contribution in [0.15, 0.2) is 63.8 Å². The summed E-state index contributed by atoms with van der Waals surface area (Å²) in [7, 11) is 1.61. The molecule has 40 heavy (non-hydrogen) atoms. The third-order valence-electron chi connectivity index (χ3n) is 7.22. The maximum absolute atomic E-state index is 14.1. The van der Waals surface area contributed by atoms with E-state index in [1.165, 1.54) is 11.3 Å². The number of benzene rings is 3. The Labute approximate surface area is 241 Å². The molecule has 1 aliphatic rings. The fourth-order valence-electron chi connectivity index (χ4n) is 5.11. The standard InChI is InChI=1S/C30H29N3O5S.ClH/c1-19-8-10-25(36-2)26-27(19)39-30(31-26)33(13-5-12-32-14-16-37-17-15-32)28(34)23-18-22-21-7-4-3-6-20(21)9-11-24(22)38-29(23)35;/h3-4,6-11,18H,5,12-17H2,1-2H3;1H. The molecule has 3 heterocycles. The lowest BCUT2D eigenvalue weighted by molar-refractivity contribution is 0.0376. The molecule has 1 amide bonds. The average Bonchev–Trinajstić information content (AvgIpc) is 3.41. The van der Waals surface area contributed by atoms with Crippen LogP contribution in [0.3, 0.4) is 0 Å². The van der Waals surface area contributed by atoms with Crippen molar-refractivity contribution < 1.29 is 18.7 Å². The van der Waals surface area contributed by atoms with E-state index >= 15 is 0 Å². The van der Waals surface area contributed by atoms with Crippen LogP contribution in [-0.2, 0) is 4.74 Å². The molecule has 0 radical (unpaired) electrons. The first-order valence-electron chi connectivity index (χ1n) is 13.0. The Morgan fingerprint density at radius 1 is 1.10 bits per heavy atom. The van der Waals surface area contributed by atoms with Crippen molar-refractivity contribution in [2.45, 2.75) is 13.3 Å². The summed E-state index contributed by atoms with van der Waals surface area (Å²) < 4.78 is 17.6. The summed E-state index contributed by atoms with van der Waals surface area (Å²) in [4.78, 5) is 36.0. The molecule has 1 saturated heterocycles. The minimum atomic E-state index is -0.657. The molecular formula is C30H30ClN3O5S. The van der Waals surface area contributed by atoms with Crippen LogP contribution < -0.4 is 15.3 Å². The van der Waals surface area contributed by atoms with Crippen LogP contribution in [0.5, 0.6) is 5.75 Å². The third-order valence-corrected chi connectivity index (χ3v) is 8.43. The van der Waals surface area contributed by atoms with Gasteiger partial charge >= 0.3 is 5.63 Å². The normalized spacial score (nSPS) is 13.9. The topological polar surface area (TPSA) is 85.1 Å². The van der Waals surface area contributed by atoms with E-state index in [9.17, 15) is 9.59 Å². The second-order valence-corrected chi connectivity index (χ2v) is 10.6. The molecule has 208 valence electrons. The minimum absolute atomic E-state index is 0. The first-order valence-corrected chi connectivity index (χ1v) is 13.9. The molecule has 0 bridgehead atoms. The van der Waals surface area contributed by atoms with Crippen molar-refractivity contribution in [2.24, 2.45) is 0 Å². The molecule has 1 fully saturated rings. The van der Waals surface area contributed by atoms with Gasteiger partial charge < -0.3 is 13.9 Å². The molecule has 1 aliphatic heterocycles. The average molecular weight is 580 g/mol. The predicted molar refractivity (Wildman–Crippen MR) is 162 cm³/mol. The maximum Gasteiger partial charge on any atom is 0.349 e. The van der Waals surface area contributed by atoms with E-state index in [4.69, 9.17) is 18.9 Å². The van der Waals surface area contributed by atoms with Crippen molar-refractivity contribution >= 4 is 66.7 Å². The molecule has 6 rings (SSSR count). The third kappa shape index (κ3) is 5.30. The predicted octanol–water partition coefficient (Wildman–Crippen LogP) is 5.66. The zero-order valence-electron chi connectivity index (χ0n) is 22.3. The van der Waals surface area contributed by atoms with E-state index in [1.54, 1.807) is 24.1 Å². The van der Waals surface area contributed by atoms with Crippen molar-refractivity contribution in [2.75, 3.05) is 51.4 Å². The molecule has 2 aromatic heterocycles. The lowest BCUT2D eigenvalue weighted by Gasteiger charge is -2.27.